The Hall–Kier alpha value is -3.89. The van der Waals surface area contributed by atoms with Crippen molar-refractivity contribution in [2.75, 3.05) is 5.32 Å². The number of hydrogen-bond acceptors (Lipinski definition) is 5. The third-order valence-electron chi connectivity index (χ3n) is 4.75. The standard InChI is InChI=1S/C25H21N3O3S/c1-16-5-9-21(10-6-16)32-24-11-8-19(14-23(24)28(30)31)13-20(15-26)25(29)27-22-12-17(2)4-7-18(22)3/h4-14H,1-3H3,(H,27,29)/b20-13+. The maximum atomic E-state index is 12.6. The minimum atomic E-state index is -0.568. The first kappa shape index (κ1) is 22.8. The number of aryl methyl sites for hydroxylation is 3. The summed E-state index contributed by atoms with van der Waals surface area (Å²) in [5, 5.41) is 23.9. The Labute approximate surface area is 190 Å². The van der Waals surface area contributed by atoms with Gasteiger partial charge in [0.25, 0.3) is 11.6 Å². The number of nitro benzene ring substituents is 1. The normalized spacial score (nSPS) is 11.0. The van der Waals surface area contributed by atoms with Gasteiger partial charge in [0.05, 0.1) is 9.82 Å². The Morgan fingerprint density at radius 2 is 1.72 bits per heavy atom. The molecule has 32 heavy (non-hydrogen) atoms. The fourth-order valence-electron chi connectivity index (χ4n) is 2.96. The maximum absolute atomic E-state index is 12.6. The Kier molecular flexibility index (Phi) is 7.08. The number of rotatable bonds is 6. The molecule has 160 valence electrons. The second kappa shape index (κ2) is 9.94. The Balaban J connectivity index is 1.88. The summed E-state index contributed by atoms with van der Waals surface area (Å²) in [5.41, 5.74) is 3.74. The fourth-order valence-corrected chi connectivity index (χ4v) is 3.86. The second-order valence-corrected chi connectivity index (χ2v) is 8.46. The van der Waals surface area contributed by atoms with Gasteiger partial charge in [-0.3, -0.25) is 14.9 Å². The number of benzene rings is 3. The highest BCUT2D eigenvalue weighted by molar-refractivity contribution is 7.99. The van der Waals surface area contributed by atoms with E-state index in [0.717, 1.165) is 21.6 Å². The van der Waals surface area contributed by atoms with Gasteiger partial charge in [0.2, 0.25) is 0 Å². The summed E-state index contributed by atoms with van der Waals surface area (Å²) in [6, 6.07) is 19.9. The number of carbonyl (C=O) groups is 1. The molecule has 0 aliphatic heterocycles. The van der Waals surface area contributed by atoms with E-state index in [1.165, 1.54) is 23.9 Å². The first-order valence-corrected chi connectivity index (χ1v) is 10.6. The molecule has 0 aliphatic carbocycles. The molecule has 3 rings (SSSR count). The summed E-state index contributed by atoms with van der Waals surface area (Å²) < 4.78 is 0. The van der Waals surface area contributed by atoms with Gasteiger partial charge in [-0.05, 0) is 67.8 Å². The van der Waals surface area contributed by atoms with E-state index in [4.69, 9.17) is 0 Å². The molecule has 0 saturated heterocycles. The van der Waals surface area contributed by atoms with Crippen LogP contribution >= 0.6 is 11.8 Å². The molecule has 0 fully saturated rings. The molecule has 0 spiro atoms. The third kappa shape index (κ3) is 5.62. The lowest BCUT2D eigenvalue weighted by Gasteiger charge is -2.09. The molecule has 0 radical (unpaired) electrons. The molecule has 1 amide bonds. The minimum absolute atomic E-state index is 0.0865. The molecule has 0 aliphatic rings. The van der Waals surface area contributed by atoms with Crippen LogP contribution in [0.2, 0.25) is 0 Å². The number of nitrogens with zero attached hydrogens (tertiary/aromatic N) is 2. The van der Waals surface area contributed by atoms with Crippen LogP contribution in [0.4, 0.5) is 11.4 Å². The van der Waals surface area contributed by atoms with Crippen molar-refractivity contribution in [3.63, 3.8) is 0 Å². The fraction of sp³-hybridized carbons (Fsp3) is 0.120. The van der Waals surface area contributed by atoms with Crippen LogP contribution in [0.25, 0.3) is 6.08 Å². The topological polar surface area (TPSA) is 96.0 Å². The molecule has 0 bridgehead atoms. The molecule has 1 N–H and O–H groups in total. The molecule has 0 saturated carbocycles. The Morgan fingerprint density at radius 1 is 1.03 bits per heavy atom. The highest BCUT2D eigenvalue weighted by atomic mass is 32.2. The van der Waals surface area contributed by atoms with Crippen LogP contribution in [0.3, 0.4) is 0 Å². The number of carbonyl (C=O) groups excluding carboxylic acids is 1. The third-order valence-corrected chi connectivity index (χ3v) is 5.82. The Bertz CT molecular complexity index is 1260. The minimum Gasteiger partial charge on any atom is -0.321 e. The Morgan fingerprint density at radius 3 is 2.38 bits per heavy atom. The van der Waals surface area contributed by atoms with Crippen LogP contribution in [0.5, 0.6) is 0 Å². The van der Waals surface area contributed by atoms with Crippen LogP contribution in [0.15, 0.2) is 76.0 Å². The van der Waals surface area contributed by atoms with Crippen LogP contribution < -0.4 is 5.32 Å². The van der Waals surface area contributed by atoms with Gasteiger partial charge >= 0.3 is 0 Å². The highest BCUT2D eigenvalue weighted by Gasteiger charge is 2.17. The predicted octanol–water partition coefficient (Wildman–Crippen LogP) is 6.22. The van der Waals surface area contributed by atoms with Crippen molar-refractivity contribution in [1.82, 2.24) is 0 Å². The van der Waals surface area contributed by atoms with Crippen molar-refractivity contribution < 1.29 is 9.72 Å². The lowest BCUT2D eigenvalue weighted by molar-refractivity contribution is -0.387. The van der Waals surface area contributed by atoms with E-state index < -0.39 is 10.8 Å². The summed E-state index contributed by atoms with van der Waals surface area (Å²) >= 11 is 1.29. The average molecular weight is 444 g/mol. The summed E-state index contributed by atoms with van der Waals surface area (Å²) in [6.07, 6.45) is 1.35. The van der Waals surface area contributed by atoms with Gasteiger partial charge in [-0.15, -0.1) is 0 Å². The zero-order valence-electron chi connectivity index (χ0n) is 17.9. The van der Waals surface area contributed by atoms with Gasteiger partial charge in [0.15, 0.2) is 0 Å². The molecule has 0 heterocycles. The van der Waals surface area contributed by atoms with Crippen molar-refractivity contribution in [1.29, 1.82) is 5.26 Å². The van der Waals surface area contributed by atoms with Crippen LogP contribution in [0, 0.1) is 42.2 Å². The van der Waals surface area contributed by atoms with E-state index in [2.05, 4.69) is 5.32 Å². The van der Waals surface area contributed by atoms with Gasteiger partial charge < -0.3 is 5.32 Å². The van der Waals surface area contributed by atoms with Gasteiger partial charge in [-0.2, -0.15) is 5.26 Å². The van der Waals surface area contributed by atoms with Crippen LogP contribution in [-0.2, 0) is 4.79 Å². The first-order valence-electron chi connectivity index (χ1n) is 9.80. The quantitative estimate of drug-likeness (QED) is 0.211. The monoisotopic (exact) mass is 443 g/mol. The molecule has 0 unspecified atom stereocenters. The van der Waals surface area contributed by atoms with E-state index in [9.17, 15) is 20.2 Å². The molecular formula is C25H21N3O3S. The van der Waals surface area contributed by atoms with Gasteiger partial charge in [0.1, 0.15) is 11.6 Å². The smallest absolute Gasteiger partial charge is 0.283 e. The lowest BCUT2D eigenvalue weighted by Crippen LogP contribution is -2.14. The summed E-state index contributed by atoms with van der Waals surface area (Å²) in [6.45, 7) is 5.74. The van der Waals surface area contributed by atoms with Crippen molar-refractivity contribution in [3.05, 3.63) is 98.6 Å². The first-order chi connectivity index (χ1) is 15.3. The summed E-state index contributed by atoms with van der Waals surface area (Å²) in [5.74, 6) is -0.568. The van der Waals surface area contributed by atoms with E-state index in [-0.39, 0.29) is 11.3 Å². The van der Waals surface area contributed by atoms with Crippen molar-refractivity contribution in [2.24, 2.45) is 0 Å². The molecular weight excluding hydrogens is 422 g/mol. The van der Waals surface area contributed by atoms with Crippen LogP contribution in [-0.4, -0.2) is 10.8 Å². The second-order valence-electron chi connectivity index (χ2n) is 7.34. The zero-order chi connectivity index (χ0) is 23.3. The number of nitriles is 1. The average Bonchev–Trinajstić information content (AvgIpc) is 2.76. The van der Waals surface area contributed by atoms with Crippen molar-refractivity contribution in [3.8, 4) is 6.07 Å². The zero-order valence-corrected chi connectivity index (χ0v) is 18.7. The summed E-state index contributed by atoms with van der Waals surface area (Å²) in [4.78, 5) is 25.2. The van der Waals surface area contributed by atoms with E-state index in [1.54, 1.807) is 12.1 Å². The molecule has 0 aromatic heterocycles. The van der Waals surface area contributed by atoms with E-state index >= 15 is 0 Å². The molecule has 0 atom stereocenters. The van der Waals surface area contributed by atoms with Crippen molar-refractivity contribution >= 4 is 35.1 Å². The molecule has 3 aromatic carbocycles. The molecule has 6 nitrogen and oxygen atoms in total. The SMILES string of the molecule is Cc1ccc(Sc2ccc(/C=C(\C#N)C(=O)Nc3cc(C)ccc3C)cc2[N+](=O)[O-])cc1. The van der Waals surface area contributed by atoms with E-state index in [1.807, 2.05) is 69.3 Å². The predicted molar refractivity (Wildman–Crippen MR) is 127 cm³/mol. The number of amides is 1. The number of nitrogens with one attached hydrogen (secondary N) is 1. The van der Waals surface area contributed by atoms with Crippen LogP contribution in [0.1, 0.15) is 22.3 Å². The highest BCUT2D eigenvalue weighted by Crippen LogP contribution is 2.35. The largest absolute Gasteiger partial charge is 0.321 e. The van der Waals surface area contributed by atoms with Crippen molar-refractivity contribution in [2.45, 2.75) is 30.6 Å². The lowest BCUT2D eigenvalue weighted by atomic mass is 10.1. The summed E-state index contributed by atoms with van der Waals surface area (Å²) in [7, 11) is 0. The van der Waals surface area contributed by atoms with Gasteiger partial charge in [-0.25, -0.2) is 0 Å². The molecule has 3 aromatic rings. The number of nitro groups is 1. The van der Waals surface area contributed by atoms with Gasteiger partial charge in [-0.1, -0.05) is 47.7 Å². The number of hydrogen-bond donors (Lipinski definition) is 1. The van der Waals surface area contributed by atoms with Gasteiger partial charge in [0, 0.05) is 16.6 Å². The number of anilines is 1. The van der Waals surface area contributed by atoms with E-state index in [0.29, 0.717) is 16.1 Å². The maximum Gasteiger partial charge on any atom is 0.283 e. The molecule has 7 heteroatoms.